The van der Waals surface area contributed by atoms with Crippen LogP contribution in [0.1, 0.15) is 25.5 Å². The van der Waals surface area contributed by atoms with Gasteiger partial charge in [-0.1, -0.05) is 13.8 Å². The number of aromatic nitrogens is 4. The highest BCUT2D eigenvalue weighted by molar-refractivity contribution is 5.43. The molecule has 0 unspecified atom stereocenters. The van der Waals surface area contributed by atoms with E-state index >= 15 is 0 Å². The number of anilines is 1. The molecular formula is C9H13N5O. The van der Waals surface area contributed by atoms with E-state index in [2.05, 4.69) is 15.1 Å². The minimum atomic E-state index is 0.273. The van der Waals surface area contributed by atoms with Crippen molar-refractivity contribution in [3.05, 3.63) is 11.8 Å². The lowest BCUT2D eigenvalue weighted by Crippen LogP contribution is -2.04. The van der Waals surface area contributed by atoms with Gasteiger partial charge in [0.25, 0.3) is 5.78 Å². The fourth-order valence-electron chi connectivity index (χ4n) is 1.27. The Morgan fingerprint density at radius 1 is 1.40 bits per heavy atom. The standard InChI is InChI=1S/C9H13N5O/c1-5(2)6-4-7(10)14-8(11-6)12-9(13-14)15-3/h4-5H,10H2,1-3H3. The molecule has 0 atom stereocenters. The third-order valence-electron chi connectivity index (χ3n) is 2.11. The van der Waals surface area contributed by atoms with E-state index in [0.717, 1.165) is 5.69 Å². The minimum absolute atomic E-state index is 0.273. The third-order valence-corrected chi connectivity index (χ3v) is 2.11. The van der Waals surface area contributed by atoms with Crippen LogP contribution >= 0.6 is 0 Å². The highest BCUT2D eigenvalue weighted by atomic mass is 16.5. The van der Waals surface area contributed by atoms with Crippen molar-refractivity contribution in [2.75, 3.05) is 12.8 Å². The number of hydrogen-bond acceptors (Lipinski definition) is 5. The first-order valence-electron chi connectivity index (χ1n) is 4.69. The molecule has 0 spiro atoms. The fourth-order valence-corrected chi connectivity index (χ4v) is 1.27. The molecule has 0 saturated heterocycles. The Hall–Kier alpha value is -1.85. The van der Waals surface area contributed by atoms with Gasteiger partial charge in [0, 0.05) is 6.07 Å². The van der Waals surface area contributed by atoms with Crippen LogP contribution in [0.25, 0.3) is 5.78 Å². The molecule has 0 aliphatic heterocycles. The molecule has 0 aromatic carbocycles. The molecule has 0 saturated carbocycles. The molecule has 6 heteroatoms. The number of methoxy groups -OCH3 is 1. The quantitative estimate of drug-likeness (QED) is 0.789. The molecule has 0 fully saturated rings. The number of rotatable bonds is 2. The Morgan fingerprint density at radius 3 is 2.73 bits per heavy atom. The summed E-state index contributed by atoms with van der Waals surface area (Å²) in [6, 6.07) is 2.07. The molecule has 0 aliphatic carbocycles. The Kier molecular flexibility index (Phi) is 2.18. The van der Waals surface area contributed by atoms with Gasteiger partial charge >= 0.3 is 6.01 Å². The second-order valence-electron chi connectivity index (χ2n) is 3.57. The molecule has 15 heavy (non-hydrogen) atoms. The van der Waals surface area contributed by atoms with Crippen LogP contribution in [0.4, 0.5) is 5.82 Å². The number of nitrogens with two attached hydrogens (primary N) is 1. The maximum absolute atomic E-state index is 5.83. The Labute approximate surface area is 87.1 Å². The monoisotopic (exact) mass is 207 g/mol. The summed E-state index contributed by atoms with van der Waals surface area (Å²) in [4.78, 5) is 8.41. The molecule has 2 N–H and O–H groups in total. The molecule has 0 bridgehead atoms. The van der Waals surface area contributed by atoms with E-state index in [9.17, 15) is 0 Å². The van der Waals surface area contributed by atoms with Gasteiger partial charge in [-0.15, -0.1) is 5.10 Å². The fraction of sp³-hybridized carbons (Fsp3) is 0.444. The normalized spacial score (nSPS) is 11.2. The summed E-state index contributed by atoms with van der Waals surface area (Å²) in [7, 11) is 1.51. The third kappa shape index (κ3) is 1.58. The molecule has 0 radical (unpaired) electrons. The van der Waals surface area contributed by atoms with Crippen LogP contribution in [0.5, 0.6) is 6.01 Å². The van der Waals surface area contributed by atoms with Gasteiger partial charge in [-0.3, -0.25) is 0 Å². The summed E-state index contributed by atoms with van der Waals surface area (Å²) in [5.74, 6) is 1.29. The van der Waals surface area contributed by atoms with Crippen molar-refractivity contribution in [2.24, 2.45) is 0 Å². The van der Waals surface area contributed by atoms with Crippen LogP contribution in [-0.2, 0) is 0 Å². The van der Waals surface area contributed by atoms with Crippen molar-refractivity contribution in [3.63, 3.8) is 0 Å². The maximum Gasteiger partial charge on any atom is 0.337 e. The highest BCUT2D eigenvalue weighted by Crippen LogP contribution is 2.17. The van der Waals surface area contributed by atoms with Crippen LogP contribution in [0.3, 0.4) is 0 Å². The zero-order valence-corrected chi connectivity index (χ0v) is 8.93. The topological polar surface area (TPSA) is 78.3 Å². The number of nitrogen functional groups attached to an aromatic ring is 1. The zero-order valence-electron chi connectivity index (χ0n) is 8.93. The Balaban J connectivity index is 2.65. The van der Waals surface area contributed by atoms with Crippen LogP contribution in [0, 0.1) is 0 Å². The molecule has 2 aromatic heterocycles. The van der Waals surface area contributed by atoms with E-state index in [1.807, 2.05) is 13.8 Å². The van der Waals surface area contributed by atoms with E-state index < -0.39 is 0 Å². The summed E-state index contributed by atoms with van der Waals surface area (Å²) in [6.07, 6.45) is 0. The van der Waals surface area contributed by atoms with Gasteiger partial charge in [0.2, 0.25) is 0 Å². The molecule has 6 nitrogen and oxygen atoms in total. The van der Waals surface area contributed by atoms with Crippen LogP contribution < -0.4 is 10.5 Å². The van der Waals surface area contributed by atoms with Gasteiger partial charge in [-0.25, -0.2) is 4.98 Å². The van der Waals surface area contributed by atoms with Gasteiger partial charge < -0.3 is 10.5 Å². The van der Waals surface area contributed by atoms with Gasteiger partial charge in [-0.2, -0.15) is 9.50 Å². The predicted molar refractivity (Wildman–Crippen MR) is 55.8 cm³/mol. The van der Waals surface area contributed by atoms with Gasteiger partial charge in [0.1, 0.15) is 5.82 Å². The number of hydrogen-bond donors (Lipinski definition) is 1. The van der Waals surface area contributed by atoms with Gasteiger partial charge in [0.15, 0.2) is 0 Å². The lowest BCUT2D eigenvalue weighted by Gasteiger charge is -2.05. The summed E-state index contributed by atoms with van der Waals surface area (Å²) in [5.41, 5.74) is 6.73. The second-order valence-corrected chi connectivity index (χ2v) is 3.57. The minimum Gasteiger partial charge on any atom is -0.466 e. The molecular weight excluding hydrogens is 194 g/mol. The molecule has 2 aromatic rings. The van der Waals surface area contributed by atoms with Gasteiger partial charge in [-0.05, 0) is 5.92 Å². The van der Waals surface area contributed by atoms with E-state index in [1.165, 1.54) is 11.6 Å². The Bertz CT molecular complexity index is 490. The largest absolute Gasteiger partial charge is 0.466 e. The van der Waals surface area contributed by atoms with Crippen molar-refractivity contribution in [1.82, 2.24) is 19.6 Å². The molecule has 2 rings (SSSR count). The predicted octanol–water partition coefficient (Wildman–Crippen LogP) is 0.838. The van der Waals surface area contributed by atoms with Crippen LogP contribution in [-0.4, -0.2) is 26.7 Å². The van der Waals surface area contributed by atoms with Crippen molar-refractivity contribution >= 4 is 11.6 Å². The molecule has 2 heterocycles. The summed E-state index contributed by atoms with van der Waals surface area (Å²) in [5, 5.41) is 4.03. The van der Waals surface area contributed by atoms with Crippen molar-refractivity contribution in [3.8, 4) is 6.01 Å². The van der Waals surface area contributed by atoms with Crippen LogP contribution in [0.2, 0.25) is 0 Å². The maximum atomic E-state index is 5.83. The lowest BCUT2D eigenvalue weighted by molar-refractivity contribution is 0.381. The van der Waals surface area contributed by atoms with E-state index in [0.29, 0.717) is 17.5 Å². The van der Waals surface area contributed by atoms with Crippen molar-refractivity contribution < 1.29 is 4.74 Å². The first kappa shape index (κ1) is 9.70. The lowest BCUT2D eigenvalue weighted by atomic mass is 10.1. The van der Waals surface area contributed by atoms with Crippen molar-refractivity contribution in [1.29, 1.82) is 0 Å². The smallest absolute Gasteiger partial charge is 0.337 e. The van der Waals surface area contributed by atoms with E-state index in [1.54, 1.807) is 6.07 Å². The molecule has 80 valence electrons. The number of fused-ring (bicyclic) bond motifs is 1. The number of ether oxygens (including phenoxy) is 1. The molecule has 0 aliphatic rings. The summed E-state index contributed by atoms with van der Waals surface area (Å²) >= 11 is 0. The van der Waals surface area contributed by atoms with E-state index in [-0.39, 0.29) is 6.01 Å². The van der Waals surface area contributed by atoms with Crippen LogP contribution in [0.15, 0.2) is 6.07 Å². The second kappa shape index (κ2) is 3.38. The highest BCUT2D eigenvalue weighted by Gasteiger charge is 2.10. The number of nitrogens with zero attached hydrogens (tertiary/aromatic N) is 4. The summed E-state index contributed by atoms with van der Waals surface area (Å²) in [6.45, 7) is 4.09. The average molecular weight is 207 g/mol. The first-order valence-corrected chi connectivity index (χ1v) is 4.69. The van der Waals surface area contributed by atoms with E-state index in [4.69, 9.17) is 10.5 Å². The summed E-state index contributed by atoms with van der Waals surface area (Å²) < 4.78 is 6.38. The average Bonchev–Trinajstić information content (AvgIpc) is 2.61. The first-order chi connectivity index (χ1) is 7.11. The zero-order chi connectivity index (χ0) is 11.0. The Morgan fingerprint density at radius 2 is 2.13 bits per heavy atom. The molecule has 0 amide bonds. The SMILES string of the molecule is COc1nc2nc(C(C)C)cc(N)n2n1. The van der Waals surface area contributed by atoms with Crippen molar-refractivity contribution in [2.45, 2.75) is 19.8 Å². The van der Waals surface area contributed by atoms with Gasteiger partial charge in [0.05, 0.1) is 12.8 Å².